The van der Waals surface area contributed by atoms with E-state index in [9.17, 15) is 9.90 Å². The van der Waals surface area contributed by atoms with Crippen LogP contribution in [0, 0.1) is 5.92 Å². The molecule has 0 aliphatic carbocycles. The van der Waals surface area contributed by atoms with Crippen molar-refractivity contribution in [2.75, 3.05) is 26.8 Å². The van der Waals surface area contributed by atoms with Gasteiger partial charge >= 0.3 is 6.09 Å². The second-order valence-electron chi connectivity index (χ2n) is 10.2. The van der Waals surface area contributed by atoms with E-state index >= 15 is 0 Å². The van der Waals surface area contributed by atoms with E-state index in [1.165, 1.54) is 0 Å². The minimum absolute atomic E-state index is 0.125. The molecule has 2 atom stereocenters. The van der Waals surface area contributed by atoms with Crippen molar-refractivity contribution in [2.24, 2.45) is 5.92 Å². The molecule has 3 rings (SSSR count). The Kier molecular flexibility index (Phi) is 9.02. The maximum atomic E-state index is 12.8. The Bertz CT molecular complexity index is 957. The summed E-state index contributed by atoms with van der Waals surface area (Å²) in [6, 6.07) is 15.7. The number of carbonyl (C=O) groups excluding carboxylic acids is 1. The number of nitrogens with zero attached hydrogens (tertiary/aromatic N) is 1. The number of halogens is 1. The zero-order chi connectivity index (χ0) is 24.8. The first-order valence-electron chi connectivity index (χ1n) is 12.2. The quantitative estimate of drug-likeness (QED) is 0.423. The van der Waals surface area contributed by atoms with Crippen LogP contribution in [0.25, 0.3) is 11.1 Å². The number of hydrogen-bond donors (Lipinski definition) is 1. The summed E-state index contributed by atoms with van der Waals surface area (Å²) < 4.78 is 10.9. The monoisotopic (exact) mass is 487 g/mol. The Balaban J connectivity index is 1.98. The smallest absolute Gasteiger partial charge is 0.410 e. The van der Waals surface area contributed by atoms with Crippen molar-refractivity contribution in [2.45, 2.75) is 64.1 Å². The molecule has 5 nitrogen and oxygen atoms in total. The summed E-state index contributed by atoms with van der Waals surface area (Å²) in [5.41, 5.74) is 1.00. The molecule has 0 bridgehead atoms. The lowest BCUT2D eigenvalue weighted by molar-refractivity contribution is -0.0638. The molecule has 1 aliphatic heterocycles. The normalized spacial score (nSPS) is 18.4. The van der Waals surface area contributed by atoms with Crippen LogP contribution in [-0.4, -0.2) is 48.5 Å². The summed E-state index contributed by atoms with van der Waals surface area (Å²) in [6.07, 6.45) is 3.57. The van der Waals surface area contributed by atoms with Gasteiger partial charge in [0, 0.05) is 43.3 Å². The summed E-state index contributed by atoms with van der Waals surface area (Å²) >= 11 is 6.57. The highest BCUT2D eigenvalue weighted by Gasteiger charge is 2.43. The van der Waals surface area contributed by atoms with E-state index in [0.717, 1.165) is 42.4 Å². The van der Waals surface area contributed by atoms with Gasteiger partial charge in [-0.25, -0.2) is 4.79 Å². The summed E-state index contributed by atoms with van der Waals surface area (Å²) in [5, 5.41) is 13.1. The number of rotatable bonds is 8. The molecule has 1 amide bonds. The van der Waals surface area contributed by atoms with Crippen LogP contribution >= 0.6 is 11.6 Å². The predicted molar refractivity (Wildman–Crippen MR) is 137 cm³/mol. The van der Waals surface area contributed by atoms with Crippen molar-refractivity contribution < 1.29 is 19.4 Å². The number of likely N-dealkylation sites (tertiary alicyclic amines) is 1. The van der Waals surface area contributed by atoms with Crippen molar-refractivity contribution in [1.29, 1.82) is 0 Å². The SMILES string of the molecule is COCCCCC(O)(c1ccccc1-c1ccccc1Cl)C1CCCN(C(=O)OC(C)(C)C)C1. The largest absolute Gasteiger partial charge is 0.444 e. The topological polar surface area (TPSA) is 59.0 Å². The van der Waals surface area contributed by atoms with Crippen molar-refractivity contribution in [3.8, 4) is 11.1 Å². The van der Waals surface area contributed by atoms with Gasteiger partial charge in [0.1, 0.15) is 5.60 Å². The highest BCUT2D eigenvalue weighted by molar-refractivity contribution is 6.33. The summed E-state index contributed by atoms with van der Waals surface area (Å²) in [5.74, 6) is -0.125. The number of piperidine rings is 1. The molecule has 0 radical (unpaired) electrons. The van der Waals surface area contributed by atoms with E-state index < -0.39 is 11.2 Å². The molecule has 186 valence electrons. The predicted octanol–water partition coefficient (Wildman–Crippen LogP) is 6.66. The Morgan fingerprint density at radius 1 is 1.09 bits per heavy atom. The average molecular weight is 488 g/mol. The molecule has 34 heavy (non-hydrogen) atoms. The minimum Gasteiger partial charge on any atom is -0.444 e. The molecule has 1 heterocycles. The molecule has 2 unspecified atom stereocenters. The third-order valence-electron chi connectivity index (χ3n) is 6.46. The van der Waals surface area contributed by atoms with E-state index in [0.29, 0.717) is 31.1 Å². The molecule has 1 N–H and O–H groups in total. The van der Waals surface area contributed by atoms with Gasteiger partial charge in [-0.05, 0) is 70.1 Å². The number of methoxy groups -OCH3 is 1. The highest BCUT2D eigenvalue weighted by atomic mass is 35.5. The fourth-order valence-corrected chi connectivity index (χ4v) is 5.07. The average Bonchev–Trinajstić information content (AvgIpc) is 2.81. The van der Waals surface area contributed by atoms with E-state index in [4.69, 9.17) is 21.1 Å². The van der Waals surface area contributed by atoms with Gasteiger partial charge in [-0.3, -0.25) is 0 Å². The first kappa shape index (κ1) is 26.5. The van der Waals surface area contributed by atoms with Gasteiger partial charge in [-0.1, -0.05) is 54.1 Å². The number of carbonyl (C=O) groups is 1. The van der Waals surface area contributed by atoms with Crippen LogP contribution in [0.5, 0.6) is 0 Å². The molecular weight excluding hydrogens is 450 g/mol. The van der Waals surface area contributed by atoms with Gasteiger partial charge in [0.15, 0.2) is 0 Å². The second kappa shape index (κ2) is 11.6. The molecule has 1 fully saturated rings. The van der Waals surface area contributed by atoms with Crippen LogP contribution in [-0.2, 0) is 15.1 Å². The molecule has 2 aromatic carbocycles. The summed E-state index contributed by atoms with van der Waals surface area (Å²) in [7, 11) is 1.69. The van der Waals surface area contributed by atoms with Crippen molar-refractivity contribution in [3.63, 3.8) is 0 Å². The van der Waals surface area contributed by atoms with Crippen molar-refractivity contribution in [1.82, 2.24) is 4.90 Å². The number of ether oxygens (including phenoxy) is 2. The van der Waals surface area contributed by atoms with Gasteiger partial charge in [-0.2, -0.15) is 0 Å². The molecule has 6 heteroatoms. The maximum Gasteiger partial charge on any atom is 0.410 e. The van der Waals surface area contributed by atoms with Crippen molar-refractivity contribution >= 4 is 17.7 Å². The Hall–Kier alpha value is -2.08. The van der Waals surface area contributed by atoms with Crippen LogP contribution in [0.15, 0.2) is 48.5 Å². The molecule has 0 spiro atoms. The van der Waals surface area contributed by atoms with Crippen LogP contribution in [0.3, 0.4) is 0 Å². The second-order valence-corrected chi connectivity index (χ2v) is 10.6. The summed E-state index contributed by atoms with van der Waals surface area (Å²) in [4.78, 5) is 14.6. The van der Waals surface area contributed by atoms with Crippen molar-refractivity contribution in [3.05, 3.63) is 59.1 Å². The fraction of sp³-hybridized carbons (Fsp3) is 0.536. The van der Waals surface area contributed by atoms with Gasteiger partial charge in [0.05, 0.1) is 5.60 Å². The Morgan fingerprint density at radius 2 is 1.76 bits per heavy atom. The fourth-order valence-electron chi connectivity index (χ4n) is 4.83. The van der Waals surface area contributed by atoms with E-state index in [1.54, 1.807) is 12.0 Å². The van der Waals surface area contributed by atoms with Crippen LogP contribution in [0.4, 0.5) is 4.79 Å². The van der Waals surface area contributed by atoms with Gasteiger partial charge < -0.3 is 19.5 Å². The molecule has 1 saturated heterocycles. The number of benzene rings is 2. The lowest BCUT2D eigenvalue weighted by Gasteiger charge is -2.43. The number of unbranched alkanes of at least 4 members (excludes halogenated alkanes) is 1. The van der Waals surface area contributed by atoms with E-state index in [2.05, 4.69) is 0 Å². The van der Waals surface area contributed by atoms with E-state index in [-0.39, 0.29) is 12.0 Å². The zero-order valence-corrected chi connectivity index (χ0v) is 21.6. The number of amides is 1. The lowest BCUT2D eigenvalue weighted by atomic mass is 9.72. The molecule has 1 aliphatic rings. The zero-order valence-electron chi connectivity index (χ0n) is 20.9. The Labute approximate surface area is 209 Å². The van der Waals surface area contributed by atoms with Crippen LogP contribution in [0.2, 0.25) is 5.02 Å². The molecule has 2 aromatic rings. The number of aliphatic hydroxyl groups is 1. The van der Waals surface area contributed by atoms with Gasteiger partial charge in [-0.15, -0.1) is 0 Å². The standard InChI is InChI=1S/C28H38ClNO4/c1-27(2,3)34-26(31)30-18-11-12-21(20-30)28(32,17-9-10-19-33-4)24-15-7-5-13-22(24)23-14-6-8-16-25(23)29/h5-8,13-16,21,32H,9-12,17-20H2,1-4H3. The van der Waals surface area contributed by atoms with E-state index in [1.807, 2.05) is 69.3 Å². The molecular formula is C28H38ClNO4. The lowest BCUT2D eigenvalue weighted by Crippen LogP contribution is -2.49. The molecule has 0 saturated carbocycles. The molecule has 0 aromatic heterocycles. The summed E-state index contributed by atoms with van der Waals surface area (Å²) in [6.45, 7) is 7.36. The van der Waals surface area contributed by atoms with Gasteiger partial charge in [0.2, 0.25) is 0 Å². The maximum absolute atomic E-state index is 12.8. The third-order valence-corrected chi connectivity index (χ3v) is 6.79. The first-order chi connectivity index (χ1) is 16.2. The Morgan fingerprint density at radius 3 is 2.44 bits per heavy atom. The highest BCUT2D eigenvalue weighted by Crippen LogP contribution is 2.44. The van der Waals surface area contributed by atoms with Crippen LogP contribution in [0.1, 0.15) is 58.4 Å². The van der Waals surface area contributed by atoms with Crippen LogP contribution < -0.4 is 0 Å². The van der Waals surface area contributed by atoms with Gasteiger partial charge in [0.25, 0.3) is 0 Å². The minimum atomic E-state index is -1.12. The number of hydrogen-bond acceptors (Lipinski definition) is 4. The third kappa shape index (κ3) is 6.53. The first-order valence-corrected chi connectivity index (χ1v) is 12.6.